The fraction of sp³-hybridized carbons (Fsp3) is 0. The molecule has 0 saturated carbocycles. The van der Waals surface area contributed by atoms with Crippen molar-refractivity contribution in [3.05, 3.63) is 47.0 Å². The summed E-state index contributed by atoms with van der Waals surface area (Å²) in [4.78, 5) is 11.0. The van der Waals surface area contributed by atoms with Crippen LogP contribution in [0.4, 0.5) is 8.78 Å². The molecule has 68 valence electrons. The van der Waals surface area contributed by atoms with Crippen LogP contribution >= 0.6 is 11.6 Å². The Labute approximate surface area is 78.6 Å². The lowest BCUT2D eigenvalue weighted by molar-refractivity contribution is 0.104. The lowest BCUT2D eigenvalue weighted by Gasteiger charge is -2.01. The Morgan fingerprint density at radius 2 is 1.92 bits per heavy atom. The molecule has 0 aliphatic carbocycles. The van der Waals surface area contributed by atoms with Gasteiger partial charge in [-0.05, 0) is 18.2 Å². The third-order valence-electron chi connectivity index (χ3n) is 1.48. The summed E-state index contributed by atoms with van der Waals surface area (Å²) in [5, 5.41) is -0.509. The van der Waals surface area contributed by atoms with Gasteiger partial charge in [0.2, 0.25) is 0 Å². The van der Waals surface area contributed by atoms with E-state index in [9.17, 15) is 13.6 Å². The highest BCUT2D eigenvalue weighted by Crippen LogP contribution is 2.23. The maximum Gasteiger partial charge on any atom is 0.189 e. The third-order valence-corrected chi connectivity index (χ3v) is 1.85. The molecule has 0 aromatic heterocycles. The summed E-state index contributed by atoms with van der Waals surface area (Å²) in [7, 11) is 0. The zero-order chi connectivity index (χ0) is 10.0. The summed E-state index contributed by atoms with van der Waals surface area (Å²) >= 11 is 5.39. The maximum absolute atomic E-state index is 12.9. The molecular weight excluding hydrogens is 198 g/mol. The van der Waals surface area contributed by atoms with Gasteiger partial charge in [-0.3, -0.25) is 4.79 Å². The molecule has 0 atom stereocenters. The van der Waals surface area contributed by atoms with E-state index in [-0.39, 0.29) is 0 Å². The van der Waals surface area contributed by atoms with Crippen molar-refractivity contribution in [2.75, 3.05) is 0 Å². The minimum Gasteiger partial charge on any atom is -0.289 e. The summed E-state index contributed by atoms with van der Waals surface area (Å²) < 4.78 is 25.7. The van der Waals surface area contributed by atoms with Gasteiger partial charge in [0.05, 0.1) is 10.6 Å². The van der Waals surface area contributed by atoms with Crippen LogP contribution in [0.5, 0.6) is 0 Å². The number of hydrogen-bond donors (Lipinski definition) is 0. The van der Waals surface area contributed by atoms with Gasteiger partial charge < -0.3 is 0 Å². The second-order valence-corrected chi connectivity index (χ2v) is 2.66. The van der Waals surface area contributed by atoms with Crippen LogP contribution in [0, 0.1) is 11.6 Å². The molecule has 1 aromatic rings. The highest BCUT2D eigenvalue weighted by molar-refractivity contribution is 6.34. The minimum absolute atomic E-state index is 0.475. The molecular formula is C9H5ClF2O. The van der Waals surface area contributed by atoms with Crippen molar-refractivity contribution < 1.29 is 13.6 Å². The van der Waals surface area contributed by atoms with Crippen molar-refractivity contribution >= 4 is 17.4 Å². The van der Waals surface area contributed by atoms with Crippen LogP contribution in [0.25, 0.3) is 0 Å². The van der Waals surface area contributed by atoms with Gasteiger partial charge in [-0.1, -0.05) is 18.2 Å². The van der Waals surface area contributed by atoms with Gasteiger partial charge in [0.15, 0.2) is 5.78 Å². The molecule has 0 N–H and O–H groups in total. The number of benzene rings is 1. The van der Waals surface area contributed by atoms with Crippen molar-refractivity contribution in [1.82, 2.24) is 0 Å². The molecule has 0 aliphatic rings. The average Bonchev–Trinajstić information content (AvgIpc) is 2.12. The second kappa shape index (κ2) is 3.66. The topological polar surface area (TPSA) is 17.1 Å². The van der Waals surface area contributed by atoms with Gasteiger partial charge in [-0.15, -0.1) is 0 Å². The first kappa shape index (κ1) is 9.86. The average molecular weight is 203 g/mol. The number of halogens is 3. The molecule has 4 heteroatoms. The number of carbonyl (C=O) groups is 1. The Balaban J connectivity index is 3.41. The van der Waals surface area contributed by atoms with Crippen LogP contribution < -0.4 is 0 Å². The van der Waals surface area contributed by atoms with Gasteiger partial charge in [-0.2, -0.15) is 0 Å². The van der Waals surface area contributed by atoms with Crippen LogP contribution in [0.2, 0.25) is 5.02 Å². The summed E-state index contributed by atoms with van der Waals surface area (Å²) in [6, 6.07) is 1.70. The molecule has 1 rings (SSSR count). The first-order valence-electron chi connectivity index (χ1n) is 3.38. The fourth-order valence-corrected chi connectivity index (χ4v) is 1.10. The molecule has 0 unspecified atom stereocenters. The maximum atomic E-state index is 12.9. The van der Waals surface area contributed by atoms with Crippen LogP contribution in [0.15, 0.2) is 24.8 Å². The van der Waals surface area contributed by atoms with Gasteiger partial charge >= 0.3 is 0 Å². The number of ketones is 1. The van der Waals surface area contributed by atoms with Gasteiger partial charge in [0.1, 0.15) is 11.6 Å². The van der Waals surface area contributed by atoms with Gasteiger partial charge in [-0.25, -0.2) is 8.78 Å². The number of hydrogen-bond acceptors (Lipinski definition) is 1. The van der Waals surface area contributed by atoms with Crippen molar-refractivity contribution in [2.45, 2.75) is 0 Å². The van der Waals surface area contributed by atoms with Crippen molar-refractivity contribution in [3.8, 4) is 0 Å². The smallest absolute Gasteiger partial charge is 0.189 e. The van der Waals surface area contributed by atoms with Crippen molar-refractivity contribution in [1.29, 1.82) is 0 Å². The van der Waals surface area contributed by atoms with Crippen LogP contribution in [0.3, 0.4) is 0 Å². The van der Waals surface area contributed by atoms with Crippen LogP contribution in [0.1, 0.15) is 10.4 Å². The van der Waals surface area contributed by atoms with Crippen molar-refractivity contribution in [3.63, 3.8) is 0 Å². The lowest BCUT2D eigenvalue weighted by atomic mass is 10.1. The number of rotatable bonds is 2. The second-order valence-electron chi connectivity index (χ2n) is 2.29. The zero-order valence-corrected chi connectivity index (χ0v) is 7.24. The molecule has 13 heavy (non-hydrogen) atoms. The predicted octanol–water partition coefficient (Wildman–Crippen LogP) is 2.99. The molecule has 0 amide bonds. The van der Waals surface area contributed by atoms with E-state index in [1.165, 1.54) is 0 Å². The SMILES string of the molecule is C=CC(=O)c1c(F)ccc(F)c1Cl. The van der Waals surface area contributed by atoms with Crippen LogP contribution in [-0.4, -0.2) is 5.78 Å². The Morgan fingerprint density at radius 1 is 1.38 bits per heavy atom. The monoisotopic (exact) mass is 202 g/mol. The summed E-state index contributed by atoms with van der Waals surface area (Å²) in [5.74, 6) is -2.41. The Kier molecular flexibility index (Phi) is 2.78. The molecule has 0 aliphatic heterocycles. The zero-order valence-electron chi connectivity index (χ0n) is 6.48. The molecule has 1 nitrogen and oxygen atoms in total. The van der Waals surface area contributed by atoms with E-state index in [0.29, 0.717) is 0 Å². The van der Waals surface area contributed by atoms with E-state index in [2.05, 4.69) is 6.58 Å². The number of carbonyl (C=O) groups excluding carboxylic acids is 1. The molecule has 0 saturated heterocycles. The Hall–Kier alpha value is -1.22. The summed E-state index contributed by atoms with van der Waals surface area (Å²) in [6.45, 7) is 3.15. The van der Waals surface area contributed by atoms with E-state index in [1.54, 1.807) is 0 Å². The Bertz CT molecular complexity index is 374. The molecule has 0 bridgehead atoms. The standard InChI is InChI=1S/C9H5ClF2O/c1-2-7(13)8-5(11)3-4-6(12)9(8)10/h2-4H,1H2. The van der Waals surface area contributed by atoms with E-state index in [4.69, 9.17) is 11.6 Å². The first-order chi connectivity index (χ1) is 6.07. The number of allylic oxidation sites excluding steroid dienone is 1. The molecule has 0 radical (unpaired) electrons. The third kappa shape index (κ3) is 1.75. The van der Waals surface area contributed by atoms with E-state index >= 15 is 0 Å². The van der Waals surface area contributed by atoms with Gasteiger partial charge in [0.25, 0.3) is 0 Å². The van der Waals surface area contributed by atoms with E-state index in [1.807, 2.05) is 0 Å². The molecule has 0 heterocycles. The molecule has 1 aromatic carbocycles. The van der Waals surface area contributed by atoms with E-state index in [0.717, 1.165) is 18.2 Å². The van der Waals surface area contributed by atoms with Gasteiger partial charge in [0, 0.05) is 0 Å². The lowest BCUT2D eigenvalue weighted by Crippen LogP contribution is -2.01. The quantitative estimate of drug-likeness (QED) is 0.409. The molecule has 0 fully saturated rings. The van der Waals surface area contributed by atoms with Crippen molar-refractivity contribution in [2.24, 2.45) is 0 Å². The minimum atomic E-state index is -0.851. The first-order valence-corrected chi connectivity index (χ1v) is 3.76. The predicted molar refractivity (Wildman–Crippen MR) is 45.9 cm³/mol. The van der Waals surface area contributed by atoms with E-state index < -0.39 is 28.0 Å². The fourth-order valence-electron chi connectivity index (χ4n) is 0.855. The molecule has 0 spiro atoms. The highest BCUT2D eigenvalue weighted by atomic mass is 35.5. The van der Waals surface area contributed by atoms with Crippen LogP contribution in [-0.2, 0) is 0 Å². The normalized spacial score (nSPS) is 9.77. The largest absolute Gasteiger partial charge is 0.289 e. The Morgan fingerprint density at radius 3 is 2.46 bits per heavy atom. The summed E-state index contributed by atoms with van der Waals surface area (Å²) in [5.41, 5.74) is -0.475. The summed E-state index contributed by atoms with van der Waals surface area (Å²) in [6.07, 6.45) is 0.879. The highest BCUT2D eigenvalue weighted by Gasteiger charge is 2.16.